The molecule has 0 spiro atoms. The van der Waals surface area contributed by atoms with Crippen molar-refractivity contribution in [3.63, 3.8) is 0 Å². The van der Waals surface area contributed by atoms with Crippen molar-refractivity contribution < 1.29 is 4.74 Å². The molecule has 0 aliphatic heterocycles. The average molecular weight is 419 g/mol. The Balaban J connectivity index is 1.62. The van der Waals surface area contributed by atoms with Gasteiger partial charge in [0, 0.05) is 10.0 Å². The van der Waals surface area contributed by atoms with Crippen LogP contribution in [0.4, 0.5) is 0 Å². The highest BCUT2D eigenvalue weighted by atomic mass is 35.5. The summed E-state index contributed by atoms with van der Waals surface area (Å²) >= 11 is 12.2. The van der Waals surface area contributed by atoms with E-state index in [4.69, 9.17) is 33.7 Å². The maximum Gasteiger partial charge on any atom is 0.189 e. The molecule has 1 heterocycles. The SMILES string of the molecule is COc1ccc(-n2cc(CN=C(N)NC(C)c3ccc(Cl)cc3Cl)nn2)cc1. The molecule has 0 aliphatic rings. The fraction of sp³-hybridized carbons (Fsp3) is 0.211. The van der Waals surface area contributed by atoms with Gasteiger partial charge in [-0.15, -0.1) is 5.10 Å². The van der Waals surface area contributed by atoms with E-state index >= 15 is 0 Å². The number of nitrogens with two attached hydrogens (primary N) is 1. The second-order valence-electron chi connectivity index (χ2n) is 6.09. The van der Waals surface area contributed by atoms with Crippen LogP contribution in [0, 0.1) is 0 Å². The highest BCUT2D eigenvalue weighted by Gasteiger charge is 2.11. The van der Waals surface area contributed by atoms with Crippen LogP contribution in [0.1, 0.15) is 24.2 Å². The van der Waals surface area contributed by atoms with Crippen LogP contribution >= 0.6 is 23.2 Å². The Hall–Kier alpha value is -2.77. The second-order valence-corrected chi connectivity index (χ2v) is 6.93. The molecule has 9 heteroatoms. The second kappa shape index (κ2) is 8.95. The molecule has 0 saturated heterocycles. The van der Waals surface area contributed by atoms with E-state index < -0.39 is 0 Å². The van der Waals surface area contributed by atoms with E-state index in [0.29, 0.717) is 22.3 Å². The van der Waals surface area contributed by atoms with Gasteiger partial charge >= 0.3 is 0 Å². The molecule has 3 aromatic rings. The zero-order valence-corrected chi connectivity index (χ0v) is 16.9. The third-order valence-electron chi connectivity index (χ3n) is 4.08. The monoisotopic (exact) mass is 418 g/mol. The maximum absolute atomic E-state index is 6.23. The fourth-order valence-corrected chi connectivity index (χ4v) is 3.17. The minimum Gasteiger partial charge on any atom is -0.497 e. The molecular formula is C19H20Cl2N6O. The maximum atomic E-state index is 6.23. The summed E-state index contributed by atoms with van der Waals surface area (Å²) in [5.41, 5.74) is 8.44. The summed E-state index contributed by atoms with van der Waals surface area (Å²) in [4.78, 5) is 4.32. The molecule has 146 valence electrons. The molecule has 3 N–H and O–H groups in total. The number of nitrogens with one attached hydrogen (secondary N) is 1. The lowest BCUT2D eigenvalue weighted by molar-refractivity contribution is 0.414. The lowest BCUT2D eigenvalue weighted by Crippen LogP contribution is -2.34. The molecule has 0 amide bonds. The van der Waals surface area contributed by atoms with Crippen LogP contribution in [0.15, 0.2) is 53.7 Å². The lowest BCUT2D eigenvalue weighted by atomic mass is 10.1. The van der Waals surface area contributed by atoms with E-state index in [0.717, 1.165) is 17.0 Å². The molecule has 1 atom stereocenters. The normalized spacial score (nSPS) is 12.6. The number of rotatable bonds is 6. The van der Waals surface area contributed by atoms with Gasteiger partial charge in [0.1, 0.15) is 11.4 Å². The first kappa shape index (κ1) is 20.0. The van der Waals surface area contributed by atoms with Crippen molar-refractivity contribution in [1.29, 1.82) is 0 Å². The summed E-state index contributed by atoms with van der Waals surface area (Å²) < 4.78 is 6.82. The van der Waals surface area contributed by atoms with Crippen LogP contribution in [0.5, 0.6) is 5.75 Å². The van der Waals surface area contributed by atoms with Crippen molar-refractivity contribution in [2.75, 3.05) is 7.11 Å². The quantitative estimate of drug-likeness (QED) is 0.469. The van der Waals surface area contributed by atoms with Crippen LogP contribution < -0.4 is 15.8 Å². The molecule has 0 aliphatic carbocycles. The third-order valence-corrected chi connectivity index (χ3v) is 4.65. The highest BCUT2D eigenvalue weighted by molar-refractivity contribution is 6.35. The fourth-order valence-electron chi connectivity index (χ4n) is 2.60. The number of nitrogens with zero attached hydrogens (tertiary/aromatic N) is 4. The van der Waals surface area contributed by atoms with Gasteiger partial charge in [-0.05, 0) is 48.9 Å². The van der Waals surface area contributed by atoms with E-state index in [9.17, 15) is 0 Å². The third kappa shape index (κ3) is 4.94. The number of benzene rings is 2. The molecule has 28 heavy (non-hydrogen) atoms. The molecule has 0 saturated carbocycles. The van der Waals surface area contributed by atoms with Crippen molar-refractivity contribution in [3.8, 4) is 11.4 Å². The van der Waals surface area contributed by atoms with Crippen molar-refractivity contribution in [2.24, 2.45) is 10.7 Å². The van der Waals surface area contributed by atoms with Gasteiger partial charge in [0.2, 0.25) is 0 Å². The zero-order valence-electron chi connectivity index (χ0n) is 15.4. The zero-order chi connectivity index (χ0) is 20.1. The molecule has 3 rings (SSSR count). The van der Waals surface area contributed by atoms with Gasteiger partial charge < -0.3 is 15.8 Å². The molecule has 0 radical (unpaired) electrons. The summed E-state index contributed by atoms with van der Waals surface area (Å²) in [6.07, 6.45) is 1.80. The van der Waals surface area contributed by atoms with Gasteiger partial charge in [-0.2, -0.15) is 0 Å². The Morgan fingerprint density at radius 3 is 2.68 bits per heavy atom. The Morgan fingerprint density at radius 2 is 2.00 bits per heavy atom. The number of methoxy groups -OCH3 is 1. The van der Waals surface area contributed by atoms with Crippen molar-refractivity contribution >= 4 is 29.2 Å². The highest BCUT2D eigenvalue weighted by Crippen LogP contribution is 2.25. The van der Waals surface area contributed by atoms with E-state index in [1.165, 1.54) is 0 Å². The summed E-state index contributed by atoms with van der Waals surface area (Å²) in [7, 11) is 1.63. The van der Waals surface area contributed by atoms with E-state index in [-0.39, 0.29) is 12.0 Å². The predicted molar refractivity (Wildman–Crippen MR) is 111 cm³/mol. The van der Waals surface area contributed by atoms with Crippen LogP contribution in [0.3, 0.4) is 0 Å². The number of halogens is 2. The molecule has 7 nitrogen and oxygen atoms in total. The van der Waals surface area contributed by atoms with Crippen LogP contribution in [-0.2, 0) is 6.54 Å². The predicted octanol–water partition coefficient (Wildman–Crippen LogP) is 3.75. The Kier molecular flexibility index (Phi) is 6.38. The van der Waals surface area contributed by atoms with E-state index in [2.05, 4.69) is 20.6 Å². The van der Waals surface area contributed by atoms with Crippen molar-refractivity contribution in [3.05, 3.63) is 70.0 Å². The Bertz CT molecular complexity index is 971. The van der Waals surface area contributed by atoms with Crippen molar-refractivity contribution in [2.45, 2.75) is 19.5 Å². The molecule has 1 unspecified atom stereocenters. The smallest absolute Gasteiger partial charge is 0.189 e. The molecular weight excluding hydrogens is 399 g/mol. The lowest BCUT2D eigenvalue weighted by Gasteiger charge is -2.16. The minimum absolute atomic E-state index is 0.122. The van der Waals surface area contributed by atoms with Gasteiger partial charge in [0.15, 0.2) is 5.96 Å². The van der Waals surface area contributed by atoms with E-state index in [1.807, 2.05) is 37.3 Å². The molecule has 1 aromatic heterocycles. The summed E-state index contributed by atoms with van der Waals surface area (Å²) in [6, 6.07) is 12.7. The first-order valence-electron chi connectivity index (χ1n) is 8.53. The number of guanidine groups is 1. The van der Waals surface area contributed by atoms with Crippen molar-refractivity contribution in [1.82, 2.24) is 20.3 Å². The number of hydrogen-bond donors (Lipinski definition) is 2. The van der Waals surface area contributed by atoms with Gasteiger partial charge in [-0.1, -0.05) is 34.5 Å². The molecule has 0 fully saturated rings. The Labute approximate surface area is 173 Å². The number of aliphatic imine (C=N–C) groups is 1. The summed E-state index contributed by atoms with van der Waals surface area (Å²) in [6.45, 7) is 2.24. The summed E-state index contributed by atoms with van der Waals surface area (Å²) in [5, 5.41) is 12.5. The number of ether oxygens (including phenoxy) is 1. The van der Waals surface area contributed by atoms with Gasteiger partial charge in [-0.3, -0.25) is 0 Å². The van der Waals surface area contributed by atoms with Gasteiger partial charge in [0.05, 0.1) is 31.6 Å². The van der Waals surface area contributed by atoms with Crippen LogP contribution in [0.2, 0.25) is 10.0 Å². The largest absolute Gasteiger partial charge is 0.497 e. The van der Waals surface area contributed by atoms with Crippen LogP contribution in [0.25, 0.3) is 5.69 Å². The van der Waals surface area contributed by atoms with Crippen LogP contribution in [-0.4, -0.2) is 28.1 Å². The molecule has 2 aromatic carbocycles. The first-order valence-corrected chi connectivity index (χ1v) is 9.29. The standard InChI is InChI=1S/C19H20Cl2N6O/c1-12(17-8-3-13(20)9-18(17)21)24-19(22)23-10-14-11-27(26-25-14)15-4-6-16(28-2)7-5-15/h3-9,11-12H,10H2,1-2H3,(H3,22,23,24). The van der Waals surface area contributed by atoms with E-state index in [1.54, 1.807) is 30.1 Å². The number of aromatic nitrogens is 3. The minimum atomic E-state index is -0.122. The average Bonchev–Trinajstić information content (AvgIpc) is 3.15. The Morgan fingerprint density at radius 1 is 1.25 bits per heavy atom. The summed E-state index contributed by atoms with van der Waals surface area (Å²) in [5.74, 6) is 1.07. The molecule has 0 bridgehead atoms. The van der Waals surface area contributed by atoms with Gasteiger partial charge in [-0.25, -0.2) is 9.67 Å². The first-order chi connectivity index (χ1) is 13.5. The number of hydrogen-bond acceptors (Lipinski definition) is 4. The topological polar surface area (TPSA) is 90.3 Å². The van der Waals surface area contributed by atoms with Gasteiger partial charge in [0.25, 0.3) is 0 Å².